The Morgan fingerprint density at radius 2 is 1.95 bits per heavy atom. The molecular weight excluding hydrogens is 252 g/mol. The van der Waals surface area contributed by atoms with Crippen LogP contribution in [0.2, 0.25) is 0 Å². The van der Waals surface area contributed by atoms with Gasteiger partial charge in [0.05, 0.1) is 25.9 Å². The second-order valence-electron chi connectivity index (χ2n) is 4.67. The van der Waals surface area contributed by atoms with Crippen molar-refractivity contribution in [2.24, 2.45) is 0 Å². The van der Waals surface area contributed by atoms with Crippen molar-refractivity contribution in [2.75, 3.05) is 19.5 Å². The maximum atomic E-state index is 5.45. The van der Waals surface area contributed by atoms with Gasteiger partial charge in [0.1, 0.15) is 5.75 Å². The fourth-order valence-corrected chi connectivity index (χ4v) is 2.15. The molecule has 1 aromatic heterocycles. The summed E-state index contributed by atoms with van der Waals surface area (Å²) in [7, 11) is 3.31. The molecule has 1 heterocycles. The van der Waals surface area contributed by atoms with Crippen molar-refractivity contribution in [1.82, 2.24) is 4.98 Å². The Morgan fingerprint density at radius 1 is 1.15 bits per heavy atom. The van der Waals surface area contributed by atoms with E-state index in [-0.39, 0.29) is 6.04 Å². The van der Waals surface area contributed by atoms with Crippen LogP contribution in [-0.2, 0) is 0 Å². The highest BCUT2D eigenvalue weighted by Crippen LogP contribution is 2.31. The monoisotopic (exact) mass is 272 g/mol. The summed E-state index contributed by atoms with van der Waals surface area (Å²) >= 11 is 0. The molecule has 0 bridgehead atoms. The first-order valence-corrected chi connectivity index (χ1v) is 6.55. The van der Waals surface area contributed by atoms with E-state index in [0.29, 0.717) is 5.88 Å². The first-order valence-electron chi connectivity index (χ1n) is 6.55. The summed E-state index contributed by atoms with van der Waals surface area (Å²) in [5.74, 6) is 1.47. The maximum Gasteiger partial charge on any atom is 0.237 e. The fourth-order valence-electron chi connectivity index (χ4n) is 2.15. The molecule has 106 valence electrons. The average molecular weight is 272 g/mol. The van der Waals surface area contributed by atoms with Crippen molar-refractivity contribution in [3.05, 3.63) is 47.7 Å². The lowest BCUT2D eigenvalue weighted by Gasteiger charge is -2.19. The molecule has 0 spiro atoms. The van der Waals surface area contributed by atoms with Gasteiger partial charge in [-0.3, -0.25) is 0 Å². The Hall–Kier alpha value is -2.23. The van der Waals surface area contributed by atoms with Crippen LogP contribution in [-0.4, -0.2) is 19.2 Å². The van der Waals surface area contributed by atoms with E-state index in [9.17, 15) is 0 Å². The minimum Gasteiger partial charge on any atom is -0.496 e. The average Bonchev–Trinajstić information content (AvgIpc) is 2.47. The van der Waals surface area contributed by atoms with Gasteiger partial charge >= 0.3 is 0 Å². The number of hydrogen-bond donors (Lipinski definition) is 1. The minimum atomic E-state index is 0.0867. The number of benzene rings is 1. The van der Waals surface area contributed by atoms with E-state index >= 15 is 0 Å². The summed E-state index contributed by atoms with van der Waals surface area (Å²) < 4.78 is 10.7. The molecule has 2 aromatic rings. The third-order valence-electron chi connectivity index (χ3n) is 3.19. The zero-order valence-electron chi connectivity index (χ0n) is 12.3. The molecule has 0 saturated carbocycles. The van der Waals surface area contributed by atoms with Crippen molar-refractivity contribution >= 4 is 5.69 Å². The van der Waals surface area contributed by atoms with Crippen LogP contribution in [0.1, 0.15) is 24.1 Å². The van der Waals surface area contributed by atoms with E-state index in [0.717, 1.165) is 17.0 Å². The first kappa shape index (κ1) is 14.2. The molecule has 1 atom stereocenters. The second-order valence-corrected chi connectivity index (χ2v) is 4.67. The van der Waals surface area contributed by atoms with E-state index in [1.54, 1.807) is 20.4 Å². The van der Waals surface area contributed by atoms with Crippen molar-refractivity contribution in [3.8, 4) is 11.6 Å². The largest absolute Gasteiger partial charge is 0.496 e. The lowest BCUT2D eigenvalue weighted by atomic mass is 10.0. The molecule has 1 aromatic carbocycles. The topological polar surface area (TPSA) is 43.4 Å². The van der Waals surface area contributed by atoms with Gasteiger partial charge in [-0.15, -0.1) is 0 Å². The van der Waals surface area contributed by atoms with Gasteiger partial charge in [-0.05, 0) is 37.6 Å². The van der Waals surface area contributed by atoms with Crippen LogP contribution in [0.15, 0.2) is 36.5 Å². The molecule has 2 rings (SSSR count). The number of ether oxygens (including phenoxy) is 2. The van der Waals surface area contributed by atoms with Crippen LogP contribution >= 0.6 is 0 Å². The Labute approximate surface area is 119 Å². The Bertz CT molecular complexity index is 584. The summed E-state index contributed by atoms with van der Waals surface area (Å²) in [5, 5.41) is 3.40. The number of nitrogens with one attached hydrogen (secondary N) is 1. The van der Waals surface area contributed by atoms with E-state index in [2.05, 4.69) is 36.3 Å². The smallest absolute Gasteiger partial charge is 0.237 e. The molecule has 0 aliphatic heterocycles. The number of nitrogens with zero attached hydrogens (tertiary/aromatic N) is 1. The molecular formula is C16H20N2O2. The highest BCUT2D eigenvalue weighted by Gasteiger charge is 2.13. The first-order chi connectivity index (χ1) is 9.65. The predicted octanol–water partition coefficient (Wildman–Crippen LogP) is 3.58. The molecule has 0 aliphatic carbocycles. The van der Waals surface area contributed by atoms with Crippen LogP contribution in [0.3, 0.4) is 0 Å². The molecule has 0 amide bonds. The predicted molar refractivity (Wildman–Crippen MR) is 80.6 cm³/mol. The normalized spacial score (nSPS) is 11.8. The van der Waals surface area contributed by atoms with Gasteiger partial charge in [-0.25, -0.2) is 4.98 Å². The van der Waals surface area contributed by atoms with Crippen LogP contribution in [0, 0.1) is 6.92 Å². The number of aromatic nitrogens is 1. The molecule has 0 fully saturated rings. The van der Waals surface area contributed by atoms with Gasteiger partial charge in [0.15, 0.2) is 0 Å². The SMILES string of the molecule is COc1cc(C)ccc1C(C)Nc1cccnc1OC. The van der Waals surface area contributed by atoms with Gasteiger partial charge in [-0.1, -0.05) is 12.1 Å². The van der Waals surface area contributed by atoms with Gasteiger partial charge in [-0.2, -0.15) is 0 Å². The lowest BCUT2D eigenvalue weighted by molar-refractivity contribution is 0.398. The quantitative estimate of drug-likeness (QED) is 0.903. The minimum absolute atomic E-state index is 0.0867. The van der Waals surface area contributed by atoms with Gasteiger partial charge in [0.25, 0.3) is 0 Å². The van der Waals surface area contributed by atoms with Crippen LogP contribution in [0.25, 0.3) is 0 Å². The van der Waals surface area contributed by atoms with E-state index in [1.165, 1.54) is 5.56 Å². The molecule has 20 heavy (non-hydrogen) atoms. The fraction of sp³-hybridized carbons (Fsp3) is 0.312. The summed E-state index contributed by atoms with van der Waals surface area (Å²) in [6.45, 7) is 4.13. The number of aryl methyl sites for hydroxylation is 1. The second kappa shape index (κ2) is 6.28. The highest BCUT2D eigenvalue weighted by molar-refractivity contribution is 5.54. The Morgan fingerprint density at radius 3 is 2.65 bits per heavy atom. The summed E-state index contributed by atoms with van der Waals surface area (Å²) in [5.41, 5.74) is 3.14. The van der Waals surface area contributed by atoms with E-state index in [1.807, 2.05) is 18.2 Å². The lowest BCUT2D eigenvalue weighted by Crippen LogP contribution is -2.09. The molecule has 1 unspecified atom stereocenters. The van der Waals surface area contributed by atoms with Crippen molar-refractivity contribution in [3.63, 3.8) is 0 Å². The Balaban J connectivity index is 2.26. The summed E-state index contributed by atoms with van der Waals surface area (Å²) in [6.07, 6.45) is 1.71. The van der Waals surface area contributed by atoms with Crippen molar-refractivity contribution in [2.45, 2.75) is 19.9 Å². The molecule has 0 aliphatic rings. The zero-order chi connectivity index (χ0) is 14.5. The van der Waals surface area contributed by atoms with Gasteiger partial charge in [0.2, 0.25) is 5.88 Å². The summed E-state index contributed by atoms with van der Waals surface area (Å²) in [4.78, 5) is 4.18. The van der Waals surface area contributed by atoms with Crippen LogP contribution in [0.4, 0.5) is 5.69 Å². The summed E-state index contributed by atoms with van der Waals surface area (Å²) in [6, 6.07) is 10.1. The molecule has 0 saturated heterocycles. The molecule has 1 N–H and O–H groups in total. The van der Waals surface area contributed by atoms with E-state index < -0.39 is 0 Å². The third kappa shape index (κ3) is 3.02. The maximum absolute atomic E-state index is 5.45. The number of rotatable bonds is 5. The number of anilines is 1. The molecule has 4 nitrogen and oxygen atoms in total. The number of pyridine rings is 1. The van der Waals surface area contributed by atoms with Crippen LogP contribution in [0.5, 0.6) is 11.6 Å². The van der Waals surface area contributed by atoms with E-state index in [4.69, 9.17) is 9.47 Å². The van der Waals surface area contributed by atoms with Crippen molar-refractivity contribution in [1.29, 1.82) is 0 Å². The highest BCUT2D eigenvalue weighted by atomic mass is 16.5. The van der Waals surface area contributed by atoms with Crippen LogP contribution < -0.4 is 14.8 Å². The number of methoxy groups -OCH3 is 2. The van der Waals surface area contributed by atoms with Gasteiger partial charge in [0, 0.05) is 11.8 Å². The molecule has 4 heteroatoms. The third-order valence-corrected chi connectivity index (χ3v) is 3.19. The standard InChI is InChI=1S/C16H20N2O2/c1-11-7-8-13(15(10-11)19-3)12(2)18-14-6-5-9-17-16(14)20-4/h5-10,12,18H,1-4H3. The zero-order valence-corrected chi connectivity index (χ0v) is 12.3. The number of hydrogen-bond acceptors (Lipinski definition) is 4. The van der Waals surface area contributed by atoms with Crippen molar-refractivity contribution < 1.29 is 9.47 Å². The van der Waals surface area contributed by atoms with Gasteiger partial charge < -0.3 is 14.8 Å². The molecule has 0 radical (unpaired) electrons. The Kier molecular flexibility index (Phi) is 4.45.